The topological polar surface area (TPSA) is 64.3 Å². The van der Waals surface area contributed by atoms with Crippen LogP contribution < -0.4 is 15.8 Å². The molecule has 18 heavy (non-hydrogen) atoms. The predicted octanol–water partition coefficient (Wildman–Crippen LogP) is 2.90. The fraction of sp³-hybridized carbons (Fsp3) is 0.154. The highest BCUT2D eigenvalue weighted by atomic mass is 32.1. The van der Waals surface area contributed by atoms with Gasteiger partial charge >= 0.3 is 0 Å². The van der Waals surface area contributed by atoms with Gasteiger partial charge in [-0.2, -0.15) is 0 Å². The number of nitrogen functional groups attached to an aromatic ring is 1. The Morgan fingerprint density at radius 2 is 2.17 bits per heavy atom. The third kappa shape index (κ3) is 2.46. The van der Waals surface area contributed by atoms with Crippen molar-refractivity contribution >= 4 is 28.6 Å². The molecule has 0 unspecified atom stereocenters. The van der Waals surface area contributed by atoms with Gasteiger partial charge in [0.25, 0.3) is 5.91 Å². The molecule has 1 aromatic heterocycles. The minimum Gasteiger partial charge on any atom is -0.495 e. The van der Waals surface area contributed by atoms with Crippen LogP contribution in [0.25, 0.3) is 0 Å². The number of nitrogens with two attached hydrogens (primary N) is 1. The van der Waals surface area contributed by atoms with E-state index in [0.29, 0.717) is 22.0 Å². The maximum atomic E-state index is 12.0. The van der Waals surface area contributed by atoms with Gasteiger partial charge < -0.3 is 15.8 Å². The lowest BCUT2D eigenvalue weighted by molar-refractivity contribution is 0.103. The van der Waals surface area contributed by atoms with Crippen LogP contribution in [0.2, 0.25) is 0 Å². The van der Waals surface area contributed by atoms with Crippen LogP contribution in [0.1, 0.15) is 15.2 Å². The molecule has 0 aliphatic heterocycles. The molecule has 4 nitrogen and oxygen atoms in total. The fourth-order valence-electron chi connectivity index (χ4n) is 1.58. The number of hydrogen-bond donors (Lipinski definition) is 2. The number of nitrogens with one attached hydrogen (secondary N) is 1. The smallest absolute Gasteiger partial charge is 0.267 e. The van der Waals surface area contributed by atoms with Crippen molar-refractivity contribution in [3.8, 4) is 5.75 Å². The van der Waals surface area contributed by atoms with E-state index in [9.17, 15) is 4.79 Å². The number of aryl methyl sites for hydroxylation is 1. The summed E-state index contributed by atoms with van der Waals surface area (Å²) in [5.41, 5.74) is 7.91. The van der Waals surface area contributed by atoms with Crippen LogP contribution in [0.3, 0.4) is 0 Å². The average Bonchev–Trinajstić information content (AvgIpc) is 2.77. The zero-order valence-corrected chi connectivity index (χ0v) is 11.0. The van der Waals surface area contributed by atoms with Crippen LogP contribution in [0.5, 0.6) is 5.75 Å². The molecule has 0 spiro atoms. The summed E-state index contributed by atoms with van der Waals surface area (Å²) in [6.07, 6.45) is 0. The standard InChI is InChI=1S/C13H14N2O2S/c1-8-3-4-10(11(7-8)17-2)15-13(16)12-9(14)5-6-18-12/h3-7H,14H2,1-2H3,(H,15,16). The van der Waals surface area contributed by atoms with Gasteiger partial charge in [-0.05, 0) is 36.1 Å². The average molecular weight is 262 g/mol. The number of amides is 1. The first-order valence-electron chi connectivity index (χ1n) is 5.41. The molecule has 94 valence electrons. The summed E-state index contributed by atoms with van der Waals surface area (Å²) in [7, 11) is 1.57. The van der Waals surface area contributed by atoms with E-state index in [1.165, 1.54) is 11.3 Å². The Morgan fingerprint density at radius 1 is 1.39 bits per heavy atom. The molecule has 0 atom stereocenters. The molecule has 2 aromatic rings. The molecule has 0 aliphatic carbocycles. The number of anilines is 2. The summed E-state index contributed by atoms with van der Waals surface area (Å²) < 4.78 is 5.23. The van der Waals surface area contributed by atoms with Crippen LogP contribution in [0, 0.1) is 6.92 Å². The minimum atomic E-state index is -0.218. The third-order valence-electron chi connectivity index (χ3n) is 2.51. The van der Waals surface area contributed by atoms with E-state index in [-0.39, 0.29) is 5.91 Å². The third-order valence-corrected chi connectivity index (χ3v) is 3.44. The number of carbonyl (C=O) groups excluding carboxylic acids is 1. The normalized spacial score (nSPS) is 10.1. The van der Waals surface area contributed by atoms with Gasteiger partial charge in [0.2, 0.25) is 0 Å². The van der Waals surface area contributed by atoms with Crippen molar-refractivity contribution in [2.24, 2.45) is 0 Å². The van der Waals surface area contributed by atoms with Crippen molar-refractivity contribution in [1.82, 2.24) is 0 Å². The second-order valence-electron chi connectivity index (χ2n) is 3.86. The second-order valence-corrected chi connectivity index (χ2v) is 4.78. The molecule has 1 amide bonds. The summed E-state index contributed by atoms with van der Waals surface area (Å²) in [4.78, 5) is 12.5. The van der Waals surface area contributed by atoms with Crippen molar-refractivity contribution in [2.75, 3.05) is 18.2 Å². The monoisotopic (exact) mass is 262 g/mol. The Kier molecular flexibility index (Phi) is 3.53. The molecule has 3 N–H and O–H groups in total. The molecule has 0 bridgehead atoms. The van der Waals surface area contributed by atoms with Gasteiger partial charge in [0.15, 0.2) is 0 Å². The number of thiophene rings is 1. The van der Waals surface area contributed by atoms with Gasteiger partial charge in [0, 0.05) is 0 Å². The summed E-state index contributed by atoms with van der Waals surface area (Å²) >= 11 is 1.32. The largest absolute Gasteiger partial charge is 0.495 e. The van der Waals surface area contributed by atoms with Crippen molar-refractivity contribution in [3.63, 3.8) is 0 Å². The molecule has 0 radical (unpaired) electrons. The number of carbonyl (C=O) groups is 1. The van der Waals surface area contributed by atoms with Crippen molar-refractivity contribution < 1.29 is 9.53 Å². The Balaban J connectivity index is 2.24. The molecule has 2 rings (SSSR count). The number of methoxy groups -OCH3 is 1. The van der Waals surface area contributed by atoms with E-state index in [2.05, 4.69) is 5.32 Å². The summed E-state index contributed by atoms with van der Waals surface area (Å²) in [6.45, 7) is 1.96. The van der Waals surface area contributed by atoms with Gasteiger partial charge in [-0.3, -0.25) is 4.79 Å². The van der Waals surface area contributed by atoms with E-state index < -0.39 is 0 Å². The number of hydrogen-bond acceptors (Lipinski definition) is 4. The van der Waals surface area contributed by atoms with Crippen molar-refractivity contribution in [1.29, 1.82) is 0 Å². The molecular weight excluding hydrogens is 248 g/mol. The molecule has 0 aliphatic rings. The van der Waals surface area contributed by atoms with Gasteiger partial charge in [-0.1, -0.05) is 6.07 Å². The van der Waals surface area contributed by atoms with Crippen molar-refractivity contribution in [2.45, 2.75) is 6.92 Å². The first-order chi connectivity index (χ1) is 8.61. The van der Waals surface area contributed by atoms with E-state index in [1.54, 1.807) is 18.6 Å². The highest BCUT2D eigenvalue weighted by Gasteiger charge is 2.13. The lowest BCUT2D eigenvalue weighted by atomic mass is 10.2. The Morgan fingerprint density at radius 3 is 2.78 bits per heavy atom. The Bertz CT molecular complexity index is 578. The maximum absolute atomic E-state index is 12.0. The Labute approximate surface area is 109 Å². The van der Waals surface area contributed by atoms with Gasteiger partial charge in [-0.15, -0.1) is 11.3 Å². The van der Waals surface area contributed by atoms with Crippen LogP contribution >= 0.6 is 11.3 Å². The lowest BCUT2D eigenvalue weighted by Gasteiger charge is -2.10. The zero-order valence-electron chi connectivity index (χ0n) is 10.2. The van der Waals surface area contributed by atoms with Crippen molar-refractivity contribution in [3.05, 3.63) is 40.1 Å². The first kappa shape index (κ1) is 12.4. The van der Waals surface area contributed by atoms with Crippen LogP contribution in [0.4, 0.5) is 11.4 Å². The minimum absolute atomic E-state index is 0.218. The molecular formula is C13H14N2O2S. The first-order valence-corrected chi connectivity index (χ1v) is 6.28. The summed E-state index contributed by atoms with van der Waals surface area (Å²) in [6, 6.07) is 7.31. The van der Waals surface area contributed by atoms with E-state index in [1.807, 2.05) is 25.1 Å². The maximum Gasteiger partial charge on any atom is 0.267 e. The lowest BCUT2D eigenvalue weighted by Crippen LogP contribution is -2.12. The van der Waals surface area contributed by atoms with Crippen LogP contribution in [0.15, 0.2) is 29.6 Å². The Hall–Kier alpha value is -2.01. The molecule has 0 saturated heterocycles. The molecule has 0 fully saturated rings. The number of ether oxygens (including phenoxy) is 1. The highest BCUT2D eigenvalue weighted by molar-refractivity contribution is 7.12. The second kappa shape index (κ2) is 5.10. The van der Waals surface area contributed by atoms with E-state index in [4.69, 9.17) is 10.5 Å². The van der Waals surface area contributed by atoms with Gasteiger partial charge in [0.05, 0.1) is 18.5 Å². The van der Waals surface area contributed by atoms with Gasteiger partial charge in [0.1, 0.15) is 10.6 Å². The zero-order chi connectivity index (χ0) is 13.1. The quantitative estimate of drug-likeness (QED) is 0.894. The molecule has 1 heterocycles. The number of benzene rings is 1. The van der Waals surface area contributed by atoms with E-state index in [0.717, 1.165) is 5.56 Å². The molecule has 1 aromatic carbocycles. The van der Waals surface area contributed by atoms with Crippen LogP contribution in [-0.4, -0.2) is 13.0 Å². The SMILES string of the molecule is COc1cc(C)ccc1NC(=O)c1sccc1N. The van der Waals surface area contributed by atoms with E-state index >= 15 is 0 Å². The molecule has 0 saturated carbocycles. The summed E-state index contributed by atoms with van der Waals surface area (Å²) in [5, 5.41) is 4.59. The summed E-state index contributed by atoms with van der Waals surface area (Å²) in [5.74, 6) is 0.420. The van der Waals surface area contributed by atoms with Gasteiger partial charge in [-0.25, -0.2) is 0 Å². The number of rotatable bonds is 3. The highest BCUT2D eigenvalue weighted by Crippen LogP contribution is 2.27. The predicted molar refractivity (Wildman–Crippen MR) is 74.4 cm³/mol. The van der Waals surface area contributed by atoms with Crippen LogP contribution in [-0.2, 0) is 0 Å². The fourth-order valence-corrected chi connectivity index (χ4v) is 2.30. The molecule has 5 heteroatoms.